The maximum Gasteiger partial charge on any atom is 0.259 e. The van der Waals surface area contributed by atoms with E-state index in [4.69, 9.17) is 5.73 Å². The third kappa shape index (κ3) is 2.00. The zero-order valence-electron chi connectivity index (χ0n) is 12.4. The summed E-state index contributed by atoms with van der Waals surface area (Å²) >= 11 is 0. The van der Waals surface area contributed by atoms with Crippen LogP contribution in [0.4, 0.5) is 5.69 Å². The molecule has 4 rings (SSSR count). The number of nitrogen functional groups attached to an aromatic ring is 1. The summed E-state index contributed by atoms with van der Waals surface area (Å²) in [6.45, 7) is 1.48. The molecule has 1 saturated heterocycles. The maximum absolute atomic E-state index is 12.8. The van der Waals surface area contributed by atoms with E-state index in [0.29, 0.717) is 17.1 Å². The van der Waals surface area contributed by atoms with Crippen LogP contribution in [0.1, 0.15) is 42.1 Å². The third-order valence-corrected chi connectivity index (χ3v) is 4.66. The van der Waals surface area contributed by atoms with Crippen LogP contribution in [0.25, 0.3) is 10.9 Å². The van der Waals surface area contributed by atoms with Crippen LogP contribution in [-0.4, -0.2) is 28.5 Å². The lowest BCUT2D eigenvalue weighted by Crippen LogP contribution is -2.32. The number of hydrogen-bond donors (Lipinski definition) is 1. The Morgan fingerprint density at radius 3 is 2.59 bits per heavy atom. The molecule has 1 aliphatic heterocycles. The molecule has 0 bridgehead atoms. The average Bonchev–Trinajstić information content (AvgIpc) is 3.21. The Labute approximate surface area is 128 Å². The van der Waals surface area contributed by atoms with Crippen molar-refractivity contribution in [3.8, 4) is 0 Å². The number of anilines is 1. The Morgan fingerprint density at radius 1 is 1.18 bits per heavy atom. The van der Waals surface area contributed by atoms with Crippen molar-refractivity contribution in [2.45, 2.75) is 31.7 Å². The van der Waals surface area contributed by atoms with Crippen LogP contribution in [0, 0.1) is 0 Å². The van der Waals surface area contributed by atoms with Gasteiger partial charge >= 0.3 is 0 Å². The summed E-state index contributed by atoms with van der Waals surface area (Å²) in [7, 11) is 0. The summed E-state index contributed by atoms with van der Waals surface area (Å²) in [5, 5.41) is 0.486. The van der Waals surface area contributed by atoms with Gasteiger partial charge in [-0.2, -0.15) is 0 Å². The van der Waals surface area contributed by atoms with E-state index in [9.17, 15) is 9.59 Å². The Morgan fingerprint density at radius 2 is 1.91 bits per heavy atom. The van der Waals surface area contributed by atoms with Crippen molar-refractivity contribution in [1.29, 1.82) is 0 Å². The lowest BCUT2D eigenvalue weighted by molar-refractivity contribution is 0.0791. The van der Waals surface area contributed by atoms with Gasteiger partial charge in [0.15, 0.2) is 0 Å². The van der Waals surface area contributed by atoms with Crippen molar-refractivity contribution in [3.05, 3.63) is 40.2 Å². The predicted molar refractivity (Wildman–Crippen MR) is 86.0 cm³/mol. The van der Waals surface area contributed by atoms with Crippen LogP contribution in [0.15, 0.2) is 29.2 Å². The topological polar surface area (TPSA) is 68.3 Å². The number of hydrogen-bond acceptors (Lipinski definition) is 3. The molecular weight excluding hydrogens is 278 g/mol. The molecule has 1 aromatic heterocycles. The Balaban J connectivity index is 1.95. The first-order chi connectivity index (χ1) is 10.7. The predicted octanol–water partition coefficient (Wildman–Crippen LogP) is 2.15. The number of rotatable bonds is 2. The van der Waals surface area contributed by atoms with Crippen LogP contribution >= 0.6 is 0 Å². The van der Waals surface area contributed by atoms with Gasteiger partial charge in [0.1, 0.15) is 5.56 Å². The lowest BCUT2D eigenvalue weighted by Gasteiger charge is -2.18. The number of likely N-dealkylation sites (tertiary alicyclic amines) is 1. The fourth-order valence-corrected chi connectivity index (χ4v) is 3.32. The number of carbonyl (C=O) groups excluding carboxylic acids is 1. The summed E-state index contributed by atoms with van der Waals surface area (Å²) in [5.74, 6) is -0.151. The normalized spacial score (nSPS) is 18.1. The van der Waals surface area contributed by atoms with Gasteiger partial charge < -0.3 is 15.2 Å². The molecule has 1 aromatic carbocycles. The van der Waals surface area contributed by atoms with Crippen molar-refractivity contribution in [1.82, 2.24) is 9.47 Å². The van der Waals surface area contributed by atoms with Crippen LogP contribution in [-0.2, 0) is 0 Å². The van der Waals surface area contributed by atoms with Gasteiger partial charge in [-0.05, 0) is 37.8 Å². The monoisotopic (exact) mass is 297 g/mol. The molecule has 1 amide bonds. The average molecular weight is 297 g/mol. The van der Waals surface area contributed by atoms with Gasteiger partial charge in [-0.15, -0.1) is 0 Å². The molecule has 1 saturated carbocycles. The van der Waals surface area contributed by atoms with Crippen molar-refractivity contribution in [2.75, 3.05) is 18.8 Å². The van der Waals surface area contributed by atoms with Gasteiger partial charge in [-0.1, -0.05) is 6.07 Å². The highest BCUT2D eigenvalue weighted by Crippen LogP contribution is 2.37. The Kier molecular flexibility index (Phi) is 2.96. The van der Waals surface area contributed by atoms with E-state index in [1.165, 1.54) is 0 Å². The number of carbonyl (C=O) groups is 1. The minimum atomic E-state index is -0.234. The van der Waals surface area contributed by atoms with Crippen molar-refractivity contribution in [2.24, 2.45) is 0 Å². The molecule has 0 spiro atoms. The van der Waals surface area contributed by atoms with Gasteiger partial charge in [0.05, 0.1) is 10.9 Å². The van der Waals surface area contributed by atoms with Gasteiger partial charge in [0.25, 0.3) is 5.91 Å². The molecule has 2 aliphatic rings. The number of nitrogens with two attached hydrogens (primary N) is 1. The minimum absolute atomic E-state index is 0.151. The highest BCUT2D eigenvalue weighted by molar-refractivity contribution is 6.00. The van der Waals surface area contributed by atoms with Crippen molar-refractivity contribution < 1.29 is 4.79 Å². The van der Waals surface area contributed by atoms with Crippen LogP contribution in [0.2, 0.25) is 0 Å². The van der Waals surface area contributed by atoms with E-state index in [-0.39, 0.29) is 16.9 Å². The van der Waals surface area contributed by atoms with E-state index in [1.54, 1.807) is 17.2 Å². The number of nitrogens with zero attached hydrogens (tertiary/aromatic N) is 2. The molecule has 5 heteroatoms. The zero-order chi connectivity index (χ0) is 15.3. The van der Waals surface area contributed by atoms with Gasteiger partial charge in [0.2, 0.25) is 5.43 Å². The number of pyridine rings is 1. The summed E-state index contributed by atoms with van der Waals surface area (Å²) in [6.07, 6.45) is 5.95. The summed E-state index contributed by atoms with van der Waals surface area (Å²) in [4.78, 5) is 27.3. The summed E-state index contributed by atoms with van der Waals surface area (Å²) < 4.78 is 2.07. The van der Waals surface area contributed by atoms with E-state index in [1.807, 2.05) is 12.1 Å². The molecule has 22 heavy (non-hydrogen) atoms. The summed E-state index contributed by atoms with van der Waals surface area (Å²) in [5.41, 5.74) is 7.35. The summed E-state index contributed by atoms with van der Waals surface area (Å²) in [6, 6.07) is 5.88. The first-order valence-electron chi connectivity index (χ1n) is 7.89. The molecule has 0 radical (unpaired) electrons. The zero-order valence-corrected chi connectivity index (χ0v) is 12.4. The van der Waals surface area contributed by atoms with Crippen molar-refractivity contribution >= 4 is 22.5 Å². The smallest absolute Gasteiger partial charge is 0.259 e. The highest BCUT2D eigenvalue weighted by atomic mass is 16.2. The largest absolute Gasteiger partial charge is 0.398 e. The SMILES string of the molecule is Nc1cccc2c1c(=O)c(C(=O)N1CCCC1)cn2C1CC1. The number of aromatic nitrogens is 1. The second kappa shape index (κ2) is 4.87. The van der Waals surface area contributed by atoms with E-state index in [0.717, 1.165) is 44.3 Å². The number of amides is 1. The maximum atomic E-state index is 12.8. The van der Waals surface area contributed by atoms with Crippen LogP contribution in [0.3, 0.4) is 0 Å². The number of benzene rings is 1. The first kappa shape index (κ1) is 13.4. The third-order valence-electron chi connectivity index (χ3n) is 4.66. The van der Waals surface area contributed by atoms with Gasteiger partial charge in [-0.3, -0.25) is 9.59 Å². The standard InChI is InChI=1S/C17H19N3O2/c18-13-4-3-5-14-15(13)16(21)12(10-20(14)11-6-7-11)17(22)19-8-1-2-9-19/h3-5,10-11H,1-2,6-9,18H2. The van der Waals surface area contributed by atoms with Gasteiger partial charge in [-0.25, -0.2) is 0 Å². The fraction of sp³-hybridized carbons (Fsp3) is 0.412. The number of fused-ring (bicyclic) bond motifs is 1. The molecule has 0 unspecified atom stereocenters. The molecule has 2 fully saturated rings. The Bertz CT molecular complexity index is 814. The van der Waals surface area contributed by atoms with E-state index < -0.39 is 0 Å². The lowest BCUT2D eigenvalue weighted by atomic mass is 10.1. The quantitative estimate of drug-likeness (QED) is 0.864. The van der Waals surface area contributed by atoms with E-state index in [2.05, 4.69) is 4.57 Å². The molecule has 5 nitrogen and oxygen atoms in total. The minimum Gasteiger partial charge on any atom is -0.398 e. The molecule has 1 aliphatic carbocycles. The molecule has 2 aromatic rings. The molecular formula is C17H19N3O2. The first-order valence-corrected chi connectivity index (χ1v) is 7.89. The molecule has 0 atom stereocenters. The van der Waals surface area contributed by atoms with Crippen LogP contribution < -0.4 is 11.2 Å². The fourth-order valence-electron chi connectivity index (χ4n) is 3.32. The molecule has 2 N–H and O–H groups in total. The second-order valence-corrected chi connectivity index (χ2v) is 6.25. The molecule has 2 heterocycles. The molecule has 114 valence electrons. The highest BCUT2D eigenvalue weighted by Gasteiger charge is 2.29. The second-order valence-electron chi connectivity index (χ2n) is 6.25. The Hall–Kier alpha value is -2.30. The van der Waals surface area contributed by atoms with E-state index >= 15 is 0 Å². The van der Waals surface area contributed by atoms with Crippen LogP contribution in [0.5, 0.6) is 0 Å². The van der Waals surface area contributed by atoms with Crippen molar-refractivity contribution in [3.63, 3.8) is 0 Å². The van der Waals surface area contributed by atoms with Gasteiger partial charge in [0, 0.05) is 31.0 Å².